The quantitative estimate of drug-likeness (QED) is 0.574. The molecule has 0 aromatic rings. The van der Waals surface area contributed by atoms with E-state index in [0.717, 1.165) is 0 Å². The largest absolute Gasteiger partial charge is 0.452 e. The van der Waals surface area contributed by atoms with E-state index in [1.165, 1.54) is 6.08 Å². The molecule has 0 unspecified atom stereocenters. The lowest BCUT2D eigenvalue weighted by molar-refractivity contribution is -0.130. The predicted molar refractivity (Wildman–Crippen MR) is 72.2 cm³/mol. The Hall–Kier alpha value is -1.76. The molecule has 7 heteroatoms. The van der Waals surface area contributed by atoms with Crippen molar-refractivity contribution in [2.45, 2.75) is 33.3 Å². The molecule has 0 bridgehead atoms. The third-order valence-corrected chi connectivity index (χ3v) is 2.34. The highest BCUT2D eigenvalue weighted by Gasteiger charge is 2.16. The molecule has 0 saturated carbocycles. The smallest absolute Gasteiger partial charge is 0.441 e. The van der Waals surface area contributed by atoms with Gasteiger partial charge in [0.15, 0.2) is 0 Å². The molecule has 1 heterocycles. The Labute approximate surface area is 118 Å². The standard InChI is InChI=1S/C13H21N3O4/c1-10(14-15-12(18)20-13(2,3)4)9-11(17)16-5-7-19-8-6-16/h9H,5-8H2,1-4H3/b10-9-,15-14?. The highest BCUT2D eigenvalue weighted by molar-refractivity contribution is 5.88. The van der Waals surface area contributed by atoms with Gasteiger partial charge >= 0.3 is 6.09 Å². The second-order valence-corrected chi connectivity index (χ2v) is 5.40. The molecule has 1 rings (SSSR count). The van der Waals surface area contributed by atoms with Gasteiger partial charge in [-0.15, -0.1) is 5.11 Å². The molecule has 0 N–H and O–H groups in total. The van der Waals surface area contributed by atoms with E-state index in [-0.39, 0.29) is 5.91 Å². The fourth-order valence-corrected chi connectivity index (χ4v) is 1.48. The molecular formula is C13H21N3O4. The first-order valence-corrected chi connectivity index (χ1v) is 6.47. The average molecular weight is 283 g/mol. The van der Waals surface area contributed by atoms with Crippen LogP contribution in [0.4, 0.5) is 4.79 Å². The van der Waals surface area contributed by atoms with Crippen LogP contribution in [0.3, 0.4) is 0 Å². The van der Waals surface area contributed by atoms with E-state index >= 15 is 0 Å². The van der Waals surface area contributed by atoms with E-state index in [0.29, 0.717) is 32.0 Å². The van der Waals surface area contributed by atoms with Gasteiger partial charge in [-0.2, -0.15) is 0 Å². The second kappa shape index (κ2) is 7.14. The lowest BCUT2D eigenvalue weighted by Crippen LogP contribution is -2.39. The van der Waals surface area contributed by atoms with E-state index in [2.05, 4.69) is 10.2 Å². The summed E-state index contributed by atoms with van der Waals surface area (Å²) in [6.07, 6.45) is 0.572. The highest BCUT2D eigenvalue weighted by Crippen LogP contribution is 2.09. The summed E-state index contributed by atoms with van der Waals surface area (Å²) < 4.78 is 10.1. The van der Waals surface area contributed by atoms with Crippen molar-refractivity contribution >= 4 is 12.0 Å². The van der Waals surface area contributed by atoms with E-state index < -0.39 is 11.7 Å². The van der Waals surface area contributed by atoms with Crippen LogP contribution in [0.5, 0.6) is 0 Å². The van der Waals surface area contributed by atoms with Gasteiger partial charge in [-0.05, 0) is 27.7 Å². The van der Waals surface area contributed by atoms with Crippen LogP contribution in [-0.4, -0.2) is 48.8 Å². The minimum atomic E-state index is -0.774. The zero-order chi connectivity index (χ0) is 15.2. The van der Waals surface area contributed by atoms with Crippen molar-refractivity contribution in [3.05, 3.63) is 11.8 Å². The Morgan fingerprint density at radius 1 is 1.20 bits per heavy atom. The van der Waals surface area contributed by atoms with Crippen molar-refractivity contribution in [3.8, 4) is 0 Å². The summed E-state index contributed by atoms with van der Waals surface area (Å²) in [5, 5.41) is 7.08. The number of carbonyl (C=O) groups excluding carboxylic acids is 2. The van der Waals surface area contributed by atoms with Crippen molar-refractivity contribution in [2.24, 2.45) is 10.2 Å². The maximum atomic E-state index is 11.9. The summed E-state index contributed by atoms with van der Waals surface area (Å²) in [4.78, 5) is 24.8. The molecule has 0 aliphatic carbocycles. The number of morpholine rings is 1. The van der Waals surface area contributed by atoms with E-state index in [9.17, 15) is 9.59 Å². The van der Waals surface area contributed by atoms with Crippen LogP contribution in [0.25, 0.3) is 0 Å². The Morgan fingerprint density at radius 3 is 2.35 bits per heavy atom. The van der Waals surface area contributed by atoms with Crippen LogP contribution in [0.15, 0.2) is 22.0 Å². The molecular weight excluding hydrogens is 262 g/mol. The molecule has 0 radical (unpaired) electrons. The Kier molecular flexibility index (Phi) is 5.82. The minimum absolute atomic E-state index is 0.158. The van der Waals surface area contributed by atoms with Crippen molar-refractivity contribution in [1.82, 2.24) is 4.90 Å². The molecule has 20 heavy (non-hydrogen) atoms. The molecule has 0 atom stereocenters. The first kappa shape index (κ1) is 16.3. The van der Waals surface area contributed by atoms with Crippen LogP contribution in [0.1, 0.15) is 27.7 Å². The van der Waals surface area contributed by atoms with Crippen LogP contribution < -0.4 is 0 Å². The summed E-state index contributed by atoms with van der Waals surface area (Å²) >= 11 is 0. The number of allylic oxidation sites excluding steroid dienone is 1. The molecule has 2 amide bonds. The molecule has 1 fully saturated rings. The zero-order valence-corrected chi connectivity index (χ0v) is 12.4. The Morgan fingerprint density at radius 2 is 1.80 bits per heavy atom. The number of hydrogen-bond donors (Lipinski definition) is 0. The maximum absolute atomic E-state index is 11.9. The molecule has 112 valence electrons. The van der Waals surface area contributed by atoms with Crippen molar-refractivity contribution in [2.75, 3.05) is 26.3 Å². The van der Waals surface area contributed by atoms with Gasteiger partial charge in [0.1, 0.15) is 5.60 Å². The Balaban J connectivity index is 2.51. The molecule has 0 aromatic heterocycles. The third-order valence-electron chi connectivity index (χ3n) is 2.34. The topological polar surface area (TPSA) is 80.6 Å². The maximum Gasteiger partial charge on any atom is 0.452 e. The summed E-state index contributed by atoms with van der Waals surface area (Å²) in [5.41, 5.74) is -0.260. The van der Waals surface area contributed by atoms with Crippen LogP contribution in [0, 0.1) is 0 Å². The van der Waals surface area contributed by atoms with Gasteiger partial charge in [0.25, 0.3) is 0 Å². The lowest BCUT2D eigenvalue weighted by atomic mass is 10.2. The van der Waals surface area contributed by atoms with Crippen LogP contribution in [-0.2, 0) is 14.3 Å². The summed E-state index contributed by atoms with van der Waals surface area (Å²) in [6, 6.07) is 0. The van der Waals surface area contributed by atoms with Gasteiger partial charge in [-0.25, -0.2) is 4.79 Å². The molecule has 1 aliphatic rings. The minimum Gasteiger partial charge on any atom is -0.441 e. The van der Waals surface area contributed by atoms with Gasteiger partial charge in [0.2, 0.25) is 5.91 Å². The molecule has 0 spiro atoms. The van der Waals surface area contributed by atoms with Crippen LogP contribution in [0.2, 0.25) is 0 Å². The molecule has 1 saturated heterocycles. The first-order valence-electron chi connectivity index (χ1n) is 6.47. The van der Waals surface area contributed by atoms with Gasteiger partial charge in [0, 0.05) is 19.2 Å². The van der Waals surface area contributed by atoms with Gasteiger partial charge in [0.05, 0.1) is 18.9 Å². The molecule has 7 nitrogen and oxygen atoms in total. The number of amides is 2. The first-order chi connectivity index (χ1) is 9.28. The summed E-state index contributed by atoms with van der Waals surface area (Å²) in [6.45, 7) is 9.03. The van der Waals surface area contributed by atoms with Gasteiger partial charge in [-0.1, -0.05) is 5.11 Å². The van der Waals surface area contributed by atoms with E-state index in [1.54, 1.807) is 32.6 Å². The van der Waals surface area contributed by atoms with Crippen molar-refractivity contribution in [1.29, 1.82) is 0 Å². The van der Waals surface area contributed by atoms with Crippen molar-refractivity contribution in [3.63, 3.8) is 0 Å². The van der Waals surface area contributed by atoms with Gasteiger partial charge in [-0.3, -0.25) is 4.79 Å². The third kappa shape index (κ3) is 6.42. The zero-order valence-electron chi connectivity index (χ0n) is 12.4. The normalized spacial score (nSPS) is 17.4. The predicted octanol–water partition coefficient (Wildman–Crippen LogP) is 2.14. The van der Waals surface area contributed by atoms with Crippen LogP contribution >= 0.6 is 0 Å². The van der Waals surface area contributed by atoms with Gasteiger partial charge < -0.3 is 14.4 Å². The Bertz CT molecular complexity index is 418. The number of carbonyl (C=O) groups is 2. The second-order valence-electron chi connectivity index (χ2n) is 5.40. The fraction of sp³-hybridized carbons (Fsp3) is 0.692. The van der Waals surface area contributed by atoms with E-state index in [1.807, 2.05) is 0 Å². The SMILES string of the molecule is C/C(=C/C(=O)N1CCOCC1)N=NC(=O)OC(C)(C)C. The number of nitrogens with zero attached hydrogens (tertiary/aromatic N) is 3. The summed E-state index contributed by atoms with van der Waals surface area (Å²) in [7, 11) is 0. The molecule has 0 aromatic carbocycles. The number of ether oxygens (including phenoxy) is 2. The number of azo groups is 1. The summed E-state index contributed by atoms with van der Waals surface area (Å²) in [5.74, 6) is -0.158. The fourth-order valence-electron chi connectivity index (χ4n) is 1.48. The monoisotopic (exact) mass is 283 g/mol. The van der Waals surface area contributed by atoms with E-state index in [4.69, 9.17) is 9.47 Å². The van der Waals surface area contributed by atoms with Crippen molar-refractivity contribution < 1.29 is 19.1 Å². The molecule has 1 aliphatic heterocycles. The highest BCUT2D eigenvalue weighted by atomic mass is 16.6. The number of hydrogen-bond acceptors (Lipinski definition) is 5. The number of rotatable bonds is 2. The average Bonchev–Trinajstić information content (AvgIpc) is 2.35. The lowest BCUT2D eigenvalue weighted by Gasteiger charge is -2.25.